The highest BCUT2D eigenvalue weighted by Crippen LogP contribution is 2.31. The van der Waals surface area contributed by atoms with E-state index in [1.54, 1.807) is 6.33 Å². The molecule has 4 nitrogen and oxygen atoms in total. The fourth-order valence-electron chi connectivity index (χ4n) is 2.91. The normalized spacial score (nSPS) is 20.2. The van der Waals surface area contributed by atoms with E-state index in [2.05, 4.69) is 55.3 Å². The SMILES string of the molecule is Cn1cnnc1C1CCCCN1Cc1ccccc1Br. The van der Waals surface area contributed by atoms with Gasteiger partial charge in [0.15, 0.2) is 0 Å². The van der Waals surface area contributed by atoms with Crippen LogP contribution < -0.4 is 0 Å². The Morgan fingerprint density at radius 1 is 1.30 bits per heavy atom. The first-order valence-corrected chi connectivity index (χ1v) is 7.86. The molecule has 1 aromatic heterocycles. The first kappa shape index (κ1) is 13.8. The number of hydrogen-bond donors (Lipinski definition) is 0. The Balaban J connectivity index is 1.83. The quantitative estimate of drug-likeness (QED) is 0.863. The van der Waals surface area contributed by atoms with Crippen molar-refractivity contribution in [2.75, 3.05) is 6.54 Å². The van der Waals surface area contributed by atoms with Gasteiger partial charge in [0.05, 0.1) is 6.04 Å². The Morgan fingerprint density at radius 3 is 2.90 bits per heavy atom. The van der Waals surface area contributed by atoms with Crippen LogP contribution in [-0.2, 0) is 13.6 Å². The van der Waals surface area contributed by atoms with Crippen LogP contribution in [0.4, 0.5) is 0 Å². The van der Waals surface area contributed by atoms with Crippen molar-refractivity contribution in [1.29, 1.82) is 0 Å². The Morgan fingerprint density at radius 2 is 2.15 bits per heavy atom. The van der Waals surface area contributed by atoms with E-state index in [-0.39, 0.29) is 0 Å². The summed E-state index contributed by atoms with van der Waals surface area (Å²) in [5, 5.41) is 8.35. The van der Waals surface area contributed by atoms with Gasteiger partial charge in [-0.2, -0.15) is 0 Å². The molecule has 0 amide bonds. The number of likely N-dealkylation sites (tertiary alicyclic amines) is 1. The molecule has 1 saturated heterocycles. The molecule has 106 valence electrons. The molecule has 3 rings (SSSR count). The second-order valence-electron chi connectivity index (χ2n) is 5.37. The summed E-state index contributed by atoms with van der Waals surface area (Å²) in [5.41, 5.74) is 1.33. The summed E-state index contributed by atoms with van der Waals surface area (Å²) < 4.78 is 3.23. The van der Waals surface area contributed by atoms with Crippen LogP contribution in [0.2, 0.25) is 0 Å². The Bertz CT molecular complexity index is 581. The Kier molecular flexibility index (Phi) is 4.17. The summed E-state index contributed by atoms with van der Waals surface area (Å²) in [6.45, 7) is 2.08. The lowest BCUT2D eigenvalue weighted by atomic mass is 10.0. The molecule has 2 heterocycles. The van der Waals surface area contributed by atoms with Gasteiger partial charge in [0.2, 0.25) is 0 Å². The van der Waals surface area contributed by atoms with Crippen LogP contribution in [0.3, 0.4) is 0 Å². The maximum Gasteiger partial charge on any atom is 0.149 e. The van der Waals surface area contributed by atoms with Gasteiger partial charge in [-0.1, -0.05) is 40.5 Å². The molecule has 5 heteroatoms. The van der Waals surface area contributed by atoms with E-state index >= 15 is 0 Å². The topological polar surface area (TPSA) is 34.0 Å². The third kappa shape index (κ3) is 2.79. The van der Waals surface area contributed by atoms with Crippen molar-refractivity contribution in [1.82, 2.24) is 19.7 Å². The standard InChI is InChI=1S/C15H19BrN4/c1-19-11-17-18-15(19)14-8-4-5-9-20(14)10-12-6-2-3-7-13(12)16/h2-3,6-7,11,14H,4-5,8-10H2,1H3. The van der Waals surface area contributed by atoms with Crippen molar-refractivity contribution < 1.29 is 0 Å². The van der Waals surface area contributed by atoms with E-state index in [4.69, 9.17) is 0 Å². The van der Waals surface area contributed by atoms with Crippen molar-refractivity contribution in [2.24, 2.45) is 7.05 Å². The van der Waals surface area contributed by atoms with Crippen LogP contribution in [0.25, 0.3) is 0 Å². The minimum absolute atomic E-state index is 0.378. The molecular formula is C15H19BrN4. The molecule has 2 aromatic rings. The minimum Gasteiger partial charge on any atom is -0.319 e. The molecule has 0 saturated carbocycles. The van der Waals surface area contributed by atoms with Gasteiger partial charge >= 0.3 is 0 Å². The Hall–Kier alpha value is -1.20. The van der Waals surface area contributed by atoms with E-state index in [1.165, 1.54) is 22.9 Å². The van der Waals surface area contributed by atoms with Crippen molar-refractivity contribution in [3.63, 3.8) is 0 Å². The third-order valence-corrected chi connectivity index (χ3v) is 4.76. The average molecular weight is 335 g/mol. The van der Waals surface area contributed by atoms with Gasteiger partial charge in [-0.15, -0.1) is 10.2 Å². The van der Waals surface area contributed by atoms with Gasteiger partial charge in [0.1, 0.15) is 12.2 Å². The Labute approximate surface area is 127 Å². The highest BCUT2D eigenvalue weighted by Gasteiger charge is 2.27. The van der Waals surface area contributed by atoms with Crippen LogP contribution in [0.15, 0.2) is 35.1 Å². The molecule has 0 radical (unpaired) electrons. The summed E-state index contributed by atoms with van der Waals surface area (Å²) in [7, 11) is 2.03. The molecule has 0 spiro atoms. The van der Waals surface area contributed by atoms with Gasteiger partial charge in [-0.25, -0.2) is 0 Å². The predicted molar refractivity (Wildman–Crippen MR) is 82.1 cm³/mol. The van der Waals surface area contributed by atoms with Crippen LogP contribution in [0.1, 0.15) is 36.7 Å². The maximum atomic E-state index is 4.31. The van der Waals surface area contributed by atoms with Crippen molar-refractivity contribution >= 4 is 15.9 Å². The van der Waals surface area contributed by atoms with Crippen LogP contribution in [0, 0.1) is 0 Å². The summed E-state index contributed by atoms with van der Waals surface area (Å²) in [5.74, 6) is 1.08. The zero-order chi connectivity index (χ0) is 13.9. The lowest BCUT2D eigenvalue weighted by molar-refractivity contribution is 0.131. The largest absolute Gasteiger partial charge is 0.319 e. The van der Waals surface area contributed by atoms with Crippen LogP contribution in [0.5, 0.6) is 0 Å². The molecule has 20 heavy (non-hydrogen) atoms. The number of halogens is 1. The molecular weight excluding hydrogens is 316 g/mol. The van der Waals surface area contributed by atoms with Crippen LogP contribution in [-0.4, -0.2) is 26.2 Å². The fourth-order valence-corrected chi connectivity index (χ4v) is 3.32. The second kappa shape index (κ2) is 6.06. The van der Waals surface area contributed by atoms with Gasteiger partial charge in [-0.05, 0) is 31.0 Å². The second-order valence-corrected chi connectivity index (χ2v) is 6.23. The van der Waals surface area contributed by atoms with E-state index in [0.717, 1.165) is 25.3 Å². The zero-order valence-corrected chi connectivity index (χ0v) is 13.3. The van der Waals surface area contributed by atoms with Crippen molar-refractivity contribution in [2.45, 2.75) is 31.8 Å². The predicted octanol–water partition coefficient (Wildman–Crippen LogP) is 3.30. The van der Waals surface area contributed by atoms with Gasteiger partial charge in [0, 0.05) is 18.1 Å². The highest BCUT2D eigenvalue weighted by atomic mass is 79.9. The first-order valence-electron chi connectivity index (χ1n) is 7.07. The first-order chi connectivity index (χ1) is 9.75. The smallest absolute Gasteiger partial charge is 0.149 e. The number of aryl methyl sites for hydroxylation is 1. The summed E-state index contributed by atoms with van der Waals surface area (Å²) >= 11 is 3.65. The lowest BCUT2D eigenvalue weighted by Crippen LogP contribution is -2.34. The highest BCUT2D eigenvalue weighted by molar-refractivity contribution is 9.10. The summed E-state index contributed by atoms with van der Waals surface area (Å²) in [6, 6.07) is 8.83. The van der Waals surface area contributed by atoms with Gasteiger partial charge < -0.3 is 4.57 Å². The van der Waals surface area contributed by atoms with E-state index < -0.39 is 0 Å². The monoisotopic (exact) mass is 334 g/mol. The average Bonchev–Trinajstić information content (AvgIpc) is 2.88. The summed E-state index contributed by atoms with van der Waals surface area (Å²) in [4.78, 5) is 2.52. The molecule has 0 N–H and O–H groups in total. The molecule has 1 aliphatic heterocycles. The maximum absolute atomic E-state index is 4.31. The number of benzene rings is 1. The summed E-state index contributed by atoms with van der Waals surface area (Å²) in [6.07, 6.45) is 5.49. The lowest BCUT2D eigenvalue weighted by Gasteiger charge is -2.35. The van der Waals surface area contributed by atoms with Gasteiger partial charge in [-0.3, -0.25) is 4.90 Å². The minimum atomic E-state index is 0.378. The molecule has 1 aromatic carbocycles. The van der Waals surface area contributed by atoms with Crippen molar-refractivity contribution in [3.05, 3.63) is 46.5 Å². The number of hydrogen-bond acceptors (Lipinski definition) is 3. The van der Waals surface area contributed by atoms with Gasteiger partial charge in [0.25, 0.3) is 0 Å². The zero-order valence-electron chi connectivity index (χ0n) is 11.7. The number of aromatic nitrogens is 3. The van der Waals surface area contributed by atoms with E-state index in [1.807, 2.05) is 11.6 Å². The molecule has 0 bridgehead atoms. The van der Waals surface area contributed by atoms with Crippen molar-refractivity contribution in [3.8, 4) is 0 Å². The van der Waals surface area contributed by atoms with E-state index in [0.29, 0.717) is 6.04 Å². The third-order valence-electron chi connectivity index (χ3n) is 3.99. The molecule has 1 aliphatic rings. The molecule has 1 unspecified atom stereocenters. The molecule has 1 atom stereocenters. The number of nitrogens with zero attached hydrogens (tertiary/aromatic N) is 4. The van der Waals surface area contributed by atoms with Crippen LogP contribution >= 0.6 is 15.9 Å². The number of rotatable bonds is 3. The molecule has 0 aliphatic carbocycles. The number of piperidine rings is 1. The fraction of sp³-hybridized carbons (Fsp3) is 0.467. The van der Waals surface area contributed by atoms with E-state index in [9.17, 15) is 0 Å². The molecule has 1 fully saturated rings.